The van der Waals surface area contributed by atoms with Crippen LogP contribution in [0.1, 0.15) is 29.6 Å². The number of hydrogen-bond acceptors (Lipinski definition) is 2. The minimum Gasteiger partial charge on any atom is -0.306 e. The zero-order chi connectivity index (χ0) is 12.8. The average molecular weight is 263 g/mol. The van der Waals surface area contributed by atoms with Gasteiger partial charge in [0.1, 0.15) is 0 Å². The van der Waals surface area contributed by atoms with Crippen LogP contribution in [0.25, 0.3) is 0 Å². The van der Waals surface area contributed by atoms with E-state index in [1.54, 1.807) is 24.3 Å². The van der Waals surface area contributed by atoms with Crippen LogP contribution >= 0.6 is 11.6 Å². The summed E-state index contributed by atoms with van der Waals surface area (Å²) in [5, 5.41) is 0.621. The molecule has 0 fully saturated rings. The molecule has 1 aromatic carbocycles. The van der Waals surface area contributed by atoms with Crippen molar-refractivity contribution in [1.29, 1.82) is 0 Å². The summed E-state index contributed by atoms with van der Waals surface area (Å²) in [4.78, 5) is 11.7. The van der Waals surface area contributed by atoms with Gasteiger partial charge in [-0.05, 0) is 49.1 Å². The Kier molecular flexibility index (Phi) is 4.42. The van der Waals surface area contributed by atoms with E-state index in [4.69, 9.17) is 11.6 Å². The summed E-state index contributed by atoms with van der Waals surface area (Å²) in [6, 6.07) is 6.77. The fourth-order valence-electron chi connectivity index (χ4n) is 1.73. The lowest BCUT2D eigenvalue weighted by Gasteiger charge is -2.10. The Hall–Kier alpha value is -1.74. The van der Waals surface area contributed by atoms with Crippen molar-refractivity contribution in [2.24, 2.45) is 0 Å². The van der Waals surface area contributed by atoms with Gasteiger partial charge < -0.3 is 5.43 Å². The molecule has 0 saturated carbocycles. The summed E-state index contributed by atoms with van der Waals surface area (Å²) < 4.78 is 0. The van der Waals surface area contributed by atoms with E-state index in [1.165, 1.54) is 5.57 Å². The molecule has 0 atom stereocenters. The average Bonchev–Trinajstić information content (AvgIpc) is 2.40. The van der Waals surface area contributed by atoms with Crippen molar-refractivity contribution < 1.29 is 4.79 Å². The number of carbonyl (C=O) groups is 1. The van der Waals surface area contributed by atoms with E-state index in [2.05, 4.69) is 23.0 Å². The number of rotatable bonds is 3. The highest BCUT2D eigenvalue weighted by Gasteiger charge is 2.04. The molecule has 1 aliphatic carbocycles. The highest BCUT2D eigenvalue weighted by atomic mass is 35.5. The highest BCUT2D eigenvalue weighted by molar-refractivity contribution is 6.30. The molecule has 0 heterocycles. The minimum absolute atomic E-state index is 0.171. The van der Waals surface area contributed by atoms with Crippen LogP contribution in [0.15, 0.2) is 48.2 Å². The number of nitrogens with one attached hydrogen (secondary N) is 2. The van der Waals surface area contributed by atoms with E-state index in [0.717, 1.165) is 19.3 Å². The van der Waals surface area contributed by atoms with Gasteiger partial charge in [0.05, 0.1) is 0 Å². The maximum atomic E-state index is 11.7. The van der Waals surface area contributed by atoms with Gasteiger partial charge in [0.15, 0.2) is 0 Å². The fourth-order valence-corrected chi connectivity index (χ4v) is 1.86. The second-order valence-corrected chi connectivity index (χ2v) is 4.56. The molecule has 0 radical (unpaired) electrons. The number of carbonyl (C=O) groups excluding carboxylic acids is 1. The second-order valence-electron chi connectivity index (χ2n) is 4.12. The summed E-state index contributed by atoms with van der Waals surface area (Å²) in [6.07, 6.45) is 9.22. The Bertz CT molecular complexity index is 477. The molecule has 1 aromatic rings. The molecule has 0 aromatic heterocycles. The third-order valence-electron chi connectivity index (χ3n) is 2.75. The van der Waals surface area contributed by atoms with Gasteiger partial charge in [0.25, 0.3) is 5.91 Å². The van der Waals surface area contributed by atoms with E-state index in [1.807, 2.05) is 6.20 Å². The first-order valence-corrected chi connectivity index (χ1v) is 6.28. The van der Waals surface area contributed by atoms with Crippen molar-refractivity contribution in [3.8, 4) is 0 Å². The summed E-state index contributed by atoms with van der Waals surface area (Å²) in [6.45, 7) is 0. The van der Waals surface area contributed by atoms with Gasteiger partial charge in [0.2, 0.25) is 0 Å². The van der Waals surface area contributed by atoms with Crippen LogP contribution in [0.2, 0.25) is 5.02 Å². The first kappa shape index (κ1) is 12.7. The predicted molar refractivity (Wildman–Crippen MR) is 73.1 cm³/mol. The van der Waals surface area contributed by atoms with Crippen LogP contribution in [-0.4, -0.2) is 5.91 Å². The molecule has 1 aliphatic rings. The SMILES string of the molecule is O=C(NN/C=C1\CC=CCC1)c1ccc(Cl)cc1. The van der Waals surface area contributed by atoms with Gasteiger partial charge in [0, 0.05) is 16.8 Å². The molecule has 0 saturated heterocycles. The van der Waals surface area contributed by atoms with E-state index in [9.17, 15) is 4.79 Å². The third-order valence-corrected chi connectivity index (χ3v) is 3.00. The lowest BCUT2D eigenvalue weighted by atomic mass is 10.0. The number of hydrogen-bond donors (Lipinski definition) is 2. The molecule has 4 heteroatoms. The van der Waals surface area contributed by atoms with Gasteiger partial charge in [-0.25, -0.2) is 0 Å². The Balaban J connectivity index is 1.85. The van der Waals surface area contributed by atoms with E-state index in [-0.39, 0.29) is 5.91 Å². The molecule has 0 unspecified atom stereocenters. The molecule has 1 amide bonds. The zero-order valence-corrected chi connectivity index (χ0v) is 10.7. The normalized spacial score (nSPS) is 16.6. The standard InChI is InChI=1S/C14H15ClN2O/c15-13-8-6-12(7-9-13)14(18)17-16-10-11-4-2-1-3-5-11/h1-2,6-10,16H,3-5H2,(H,17,18)/b11-10+. The summed E-state index contributed by atoms with van der Waals surface area (Å²) in [5.74, 6) is -0.171. The zero-order valence-electron chi connectivity index (χ0n) is 9.95. The molecule has 0 bridgehead atoms. The van der Waals surface area contributed by atoms with Gasteiger partial charge in [-0.3, -0.25) is 10.2 Å². The van der Waals surface area contributed by atoms with Crippen LogP contribution in [0.5, 0.6) is 0 Å². The largest absolute Gasteiger partial charge is 0.306 e. The Morgan fingerprint density at radius 1 is 1.22 bits per heavy atom. The number of benzene rings is 1. The van der Waals surface area contributed by atoms with Gasteiger partial charge in [-0.15, -0.1) is 0 Å². The Labute approximate surface area is 112 Å². The van der Waals surface area contributed by atoms with Crippen LogP contribution in [0, 0.1) is 0 Å². The predicted octanol–water partition coefficient (Wildman–Crippen LogP) is 3.20. The Morgan fingerprint density at radius 2 is 2.00 bits per heavy atom. The summed E-state index contributed by atoms with van der Waals surface area (Å²) in [5.41, 5.74) is 7.34. The van der Waals surface area contributed by atoms with Crippen molar-refractivity contribution in [1.82, 2.24) is 10.9 Å². The van der Waals surface area contributed by atoms with Crippen molar-refractivity contribution in [2.75, 3.05) is 0 Å². The molecular weight excluding hydrogens is 248 g/mol. The lowest BCUT2D eigenvalue weighted by Crippen LogP contribution is -2.33. The van der Waals surface area contributed by atoms with E-state index in [0.29, 0.717) is 10.6 Å². The van der Waals surface area contributed by atoms with Crippen molar-refractivity contribution in [2.45, 2.75) is 19.3 Å². The molecule has 3 nitrogen and oxygen atoms in total. The maximum absolute atomic E-state index is 11.7. The minimum atomic E-state index is -0.171. The van der Waals surface area contributed by atoms with E-state index >= 15 is 0 Å². The third kappa shape index (κ3) is 3.64. The first-order chi connectivity index (χ1) is 8.75. The van der Waals surface area contributed by atoms with Gasteiger partial charge in [-0.1, -0.05) is 23.8 Å². The van der Waals surface area contributed by atoms with Crippen molar-refractivity contribution >= 4 is 17.5 Å². The molecular formula is C14H15ClN2O. The fraction of sp³-hybridized carbons (Fsp3) is 0.214. The van der Waals surface area contributed by atoms with Gasteiger partial charge in [-0.2, -0.15) is 0 Å². The second kappa shape index (κ2) is 6.26. The number of amides is 1. The topological polar surface area (TPSA) is 41.1 Å². The lowest BCUT2D eigenvalue weighted by molar-refractivity contribution is 0.0941. The number of halogens is 1. The molecule has 0 spiro atoms. The summed E-state index contributed by atoms with van der Waals surface area (Å²) >= 11 is 5.76. The van der Waals surface area contributed by atoms with Crippen LogP contribution in [0.4, 0.5) is 0 Å². The monoisotopic (exact) mass is 262 g/mol. The van der Waals surface area contributed by atoms with E-state index < -0.39 is 0 Å². The smallest absolute Gasteiger partial charge is 0.269 e. The highest BCUT2D eigenvalue weighted by Crippen LogP contribution is 2.15. The summed E-state index contributed by atoms with van der Waals surface area (Å²) in [7, 11) is 0. The molecule has 2 N–H and O–H groups in total. The molecule has 94 valence electrons. The number of hydrazine groups is 1. The van der Waals surface area contributed by atoms with Crippen molar-refractivity contribution in [3.05, 3.63) is 58.8 Å². The Morgan fingerprint density at radius 3 is 2.67 bits per heavy atom. The number of allylic oxidation sites excluding steroid dienone is 3. The molecule has 0 aliphatic heterocycles. The first-order valence-electron chi connectivity index (χ1n) is 5.90. The molecule has 2 rings (SSSR count). The maximum Gasteiger partial charge on any atom is 0.269 e. The van der Waals surface area contributed by atoms with Crippen LogP contribution in [0.3, 0.4) is 0 Å². The van der Waals surface area contributed by atoms with Crippen molar-refractivity contribution in [3.63, 3.8) is 0 Å². The molecule has 18 heavy (non-hydrogen) atoms. The van der Waals surface area contributed by atoms with Crippen LogP contribution < -0.4 is 10.9 Å². The van der Waals surface area contributed by atoms with Gasteiger partial charge >= 0.3 is 0 Å². The van der Waals surface area contributed by atoms with Crippen LogP contribution in [-0.2, 0) is 0 Å². The quantitative estimate of drug-likeness (QED) is 0.649.